The van der Waals surface area contributed by atoms with Crippen LogP contribution in [0.25, 0.3) is 11.1 Å². The molecule has 1 amide bonds. The maximum absolute atomic E-state index is 12.7. The monoisotopic (exact) mass is 595 g/mol. The van der Waals surface area contributed by atoms with Gasteiger partial charge < -0.3 is 19.4 Å². The molecule has 3 aromatic rings. The number of benzene rings is 3. The van der Waals surface area contributed by atoms with E-state index in [9.17, 15) is 4.79 Å². The van der Waals surface area contributed by atoms with Crippen molar-refractivity contribution in [2.75, 3.05) is 6.61 Å². The largest absolute Gasteiger partial charge is 0.495 e. The summed E-state index contributed by atoms with van der Waals surface area (Å²) >= 11 is 2.30. The second-order valence-corrected chi connectivity index (χ2v) is 11.8. The second kappa shape index (κ2) is 9.51. The molecule has 3 aromatic carbocycles. The summed E-state index contributed by atoms with van der Waals surface area (Å²) in [5.74, 6) is 0.0394. The number of carbonyl (C=O) groups is 1. The van der Waals surface area contributed by atoms with E-state index in [0.29, 0.717) is 13.2 Å². The number of hydrogen-bond acceptors (Lipinski definition) is 4. The zero-order valence-corrected chi connectivity index (χ0v) is 23.5. The molecule has 1 N–H and O–H groups in total. The molecule has 0 bridgehead atoms. The molecule has 5 rings (SSSR count). The standard InChI is InChI=1S/C29H31BINO4/c1-18-19(14-20(31)15-26(18)30-35-28(2,3)29(4,5)36-30)16-32-27(33)34-17-25-23-12-8-6-10-21(23)22-11-7-9-13-24(22)25/h6-15,25H,16-17H2,1-5H3,(H,32,33). The first-order valence-electron chi connectivity index (χ1n) is 12.3. The van der Waals surface area contributed by atoms with Crippen LogP contribution in [0.5, 0.6) is 0 Å². The van der Waals surface area contributed by atoms with Crippen molar-refractivity contribution in [1.29, 1.82) is 0 Å². The Morgan fingerprint density at radius 2 is 1.53 bits per heavy atom. The minimum Gasteiger partial charge on any atom is -0.449 e. The van der Waals surface area contributed by atoms with Gasteiger partial charge in [0.05, 0.1) is 11.2 Å². The van der Waals surface area contributed by atoms with Gasteiger partial charge in [-0.3, -0.25) is 0 Å². The Morgan fingerprint density at radius 1 is 0.972 bits per heavy atom. The van der Waals surface area contributed by atoms with Crippen molar-refractivity contribution in [2.24, 2.45) is 0 Å². The Kier molecular flexibility index (Phi) is 6.68. The van der Waals surface area contributed by atoms with E-state index >= 15 is 0 Å². The van der Waals surface area contributed by atoms with Crippen LogP contribution in [-0.2, 0) is 20.6 Å². The molecule has 1 aliphatic carbocycles. The topological polar surface area (TPSA) is 56.8 Å². The zero-order valence-electron chi connectivity index (χ0n) is 21.4. The lowest BCUT2D eigenvalue weighted by Crippen LogP contribution is -2.41. The Labute approximate surface area is 227 Å². The molecule has 186 valence electrons. The molecular weight excluding hydrogens is 564 g/mol. The van der Waals surface area contributed by atoms with Crippen LogP contribution in [0.4, 0.5) is 4.79 Å². The number of carbonyl (C=O) groups excluding carboxylic acids is 1. The van der Waals surface area contributed by atoms with Gasteiger partial charge in [-0.25, -0.2) is 4.79 Å². The summed E-state index contributed by atoms with van der Waals surface area (Å²) in [5.41, 5.74) is 7.06. The summed E-state index contributed by atoms with van der Waals surface area (Å²) in [6.45, 7) is 10.9. The molecular formula is C29H31BINO4. The van der Waals surface area contributed by atoms with Crippen molar-refractivity contribution >= 4 is 41.3 Å². The number of halogens is 1. The van der Waals surface area contributed by atoms with Crippen LogP contribution in [0.15, 0.2) is 60.7 Å². The van der Waals surface area contributed by atoms with E-state index in [-0.39, 0.29) is 5.92 Å². The van der Waals surface area contributed by atoms with E-state index in [1.807, 2.05) is 31.2 Å². The highest BCUT2D eigenvalue weighted by atomic mass is 127. The average molecular weight is 595 g/mol. The first kappa shape index (κ1) is 25.3. The van der Waals surface area contributed by atoms with E-state index in [2.05, 4.69) is 92.0 Å². The van der Waals surface area contributed by atoms with Crippen LogP contribution < -0.4 is 10.8 Å². The Bertz CT molecular complexity index is 1260. The van der Waals surface area contributed by atoms with Gasteiger partial charge in [-0.05, 0) is 108 Å². The molecule has 2 aliphatic rings. The molecule has 1 heterocycles. The van der Waals surface area contributed by atoms with E-state index in [4.69, 9.17) is 14.0 Å². The third kappa shape index (κ3) is 4.57. The van der Waals surface area contributed by atoms with Gasteiger partial charge in [-0.1, -0.05) is 48.5 Å². The van der Waals surface area contributed by atoms with Crippen LogP contribution in [0.1, 0.15) is 55.9 Å². The third-order valence-corrected chi connectivity index (χ3v) is 8.42. The van der Waals surface area contributed by atoms with Crippen LogP contribution >= 0.6 is 22.6 Å². The minimum atomic E-state index is -0.446. The van der Waals surface area contributed by atoms with E-state index in [1.165, 1.54) is 22.3 Å². The number of nitrogens with one attached hydrogen (secondary N) is 1. The molecule has 0 aromatic heterocycles. The lowest BCUT2D eigenvalue weighted by atomic mass is 9.75. The number of ether oxygens (including phenoxy) is 1. The van der Waals surface area contributed by atoms with Crippen molar-refractivity contribution in [2.45, 2.75) is 58.3 Å². The number of fused-ring (bicyclic) bond motifs is 3. The van der Waals surface area contributed by atoms with Gasteiger partial charge in [0.15, 0.2) is 0 Å². The summed E-state index contributed by atoms with van der Waals surface area (Å²) in [4.78, 5) is 12.7. The van der Waals surface area contributed by atoms with E-state index in [1.54, 1.807) is 0 Å². The van der Waals surface area contributed by atoms with Crippen LogP contribution in [0.2, 0.25) is 0 Å². The van der Waals surface area contributed by atoms with Crippen molar-refractivity contribution < 1.29 is 18.8 Å². The van der Waals surface area contributed by atoms with Crippen molar-refractivity contribution in [3.63, 3.8) is 0 Å². The fourth-order valence-electron chi connectivity index (χ4n) is 4.97. The molecule has 5 nitrogen and oxygen atoms in total. The Hall–Kier alpha value is -2.36. The maximum Gasteiger partial charge on any atom is 0.495 e. The van der Waals surface area contributed by atoms with E-state index in [0.717, 1.165) is 20.2 Å². The molecule has 0 radical (unpaired) electrons. The van der Waals surface area contributed by atoms with Crippen molar-refractivity contribution in [1.82, 2.24) is 5.32 Å². The smallest absolute Gasteiger partial charge is 0.449 e. The predicted molar refractivity (Wildman–Crippen MR) is 152 cm³/mol. The van der Waals surface area contributed by atoms with Crippen molar-refractivity contribution in [3.8, 4) is 11.1 Å². The maximum atomic E-state index is 12.7. The first-order chi connectivity index (χ1) is 17.1. The molecule has 1 aliphatic heterocycles. The third-order valence-electron chi connectivity index (χ3n) is 7.79. The van der Waals surface area contributed by atoms with Gasteiger partial charge in [0.25, 0.3) is 0 Å². The number of hydrogen-bond donors (Lipinski definition) is 1. The normalized spacial score (nSPS) is 17.6. The number of alkyl carbamates (subject to hydrolysis) is 1. The fourth-order valence-corrected chi connectivity index (χ4v) is 5.69. The van der Waals surface area contributed by atoms with Gasteiger partial charge in [-0.2, -0.15) is 0 Å². The number of rotatable bonds is 5. The zero-order chi connectivity index (χ0) is 25.7. The summed E-state index contributed by atoms with van der Waals surface area (Å²) in [7, 11) is -0.446. The Balaban J connectivity index is 1.26. The lowest BCUT2D eigenvalue weighted by Gasteiger charge is -2.32. The molecule has 7 heteroatoms. The van der Waals surface area contributed by atoms with Crippen LogP contribution in [0, 0.1) is 10.5 Å². The van der Waals surface area contributed by atoms with Gasteiger partial charge in [-0.15, -0.1) is 0 Å². The summed E-state index contributed by atoms with van der Waals surface area (Å²) in [6, 6.07) is 20.8. The highest BCUT2D eigenvalue weighted by Crippen LogP contribution is 2.44. The molecule has 1 saturated heterocycles. The lowest BCUT2D eigenvalue weighted by molar-refractivity contribution is 0.00578. The highest BCUT2D eigenvalue weighted by Gasteiger charge is 2.52. The summed E-state index contributed by atoms with van der Waals surface area (Å²) in [5, 5.41) is 2.94. The molecule has 0 unspecified atom stereocenters. The van der Waals surface area contributed by atoms with Crippen LogP contribution in [0.3, 0.4) is 0 Å². The fraction of sp³-hybridized carbons (Fsp3) is 0.345. The van der Waals surface area contributed by atoms with Gasteiger partial charge in [0.1, 0.15) is 6.61 Å². The summed E-state index contributed by atoms with van der Waals surface area (Å²) in [6.07, 6.45) is -0.424. The Morgan fingerprint density at radius 3 is 2.11 bits per heavy atom. The summed E-state index contributed by atoms with van der Waals surface area (Å²) < 4.78 is 19.3. The predicted octanol–water partition coefficient (Wildman–Crippen LogP) is 5.94. The average Bonchev–Trinajstić information content (AvgIpc) is 3.27. The van der Waals surface area contributed by atoms with Crippen molar-refractivity contribution in [3.05, 3.63) is 86.5 Å². The highest BCUT2D eigenvalue weighted by molar-refractivity contribution is 14.1. The molecule has 1 fully saturated rings. The SMILES string of the molecule is Cc1c(CNC(=O)OCC2c3ccccc3-c3ccccc32)cc(I)cc1B1OC(C)(C)C(C)(C)O1. The molecule has 36 heavy (non-hydrogen) atoms. The second-order valence-electron chi connectivity index (χ2n) is 10.5. The molecule has 0 atom stereocenters. The number of amides is 1. The molecule has 0 spiro atoms. The van der Waals surface area contributed by atoms with E-state index < -0.39 is 24.4 Å². The van der Waals surface area contributed by atoms with Gasteiger partial charge in [0.2, 0.25) is 0 Å². The van der Waals surface area contributed by atoms with Gasteiger partial charge >= 0.3 is 13.2 Å². The van der Waals surface area contributed by atoms with Crippen LogP contribution in [-0.4, -0.2) is 31.0 Å². The molecule has 0 saturated carbocycles. The quantitative estimate of drug-likeness (QED) is 0.293. The minimum absolute atomic E-state index is 0.0394. The first-order valence-corrected chi connectivity index (χ1v) is 13.4. The van der Waals surface area contributed by atoms with Gasteiger partial charge in [0, 0.05) is 16.0 Å².